The molecule has 1 atom stereocenters. The minimum Gasteiger partial charge on any atom is -0.459 e. The fourth-order valence-electron chi connectivity index (χ4n) is 3.75. The van der Waals surface area contributed by atoms with Crippen molar-refractivity contribution in [1.29, 1.82) is 0 Å². The van der Waals surface area contributed by atoms with Crippen molar-refractivity contribution < 1.29 is 18.4 Å². The summed E-state index contributed by atoms with van der Waals surface area (Å²) in [6.45, 7) is 3.63. The number of amides is 3. The largest absolute Gasteiger partial charge is 0.459 e. The predicted molar refractivity (Wildman–Crippen MR) is 121 cm³/mol. The van der Waals surface area contributed by atoms with Crippen molar-refractivity contribution in [1.82, 2.24) is 15.2 Å². The van der Waals surface area contributed by atoms with Gasteiger partial charge in [0.2, 0.25) is 5.91 Å². The van der Waals surface area contributed by atoms with E-state index in [0.717, 1.165) is 29.3 Å². The highest BCUT2D eigenvalue weighted by molar-refractivity contribution is 7.13. The SMILES string of the molecule is Cc1ccc(-c2nc(CC(=O)N3CCCC(CNC(=O)Nc4cccc(F)c4)C3)cs2)o1. The fourth-order valence-corrected chi connectivity index (χ4v) is 4.53. The Morgan fingerprint density at radius 1 is 1.31 bits per heavy atom. The Balaban J connectivity index is 1.25. The summed E-state index contributed by atoms with van der Waals surface area (Å²) in [5.41, 5.74) is 1.13. The van der Waals surface area contributed by atoms with Crippen LogP contribution in [-0.4, -0.2) is 41.5 Å². The molecule has 0 saturated carbocycles. The van der Waals surface area contributed by atoms with E-state index < -0.39 is 5.82 Å². The number of thiazole rings is 1. The number of likely N-dealkylation sites (tertiary alicyclic amines) is 1. The lowest BCUT2D eigenvalue weighted by Crippen LogP contribution is -2.44. The Labute approximate surface area is 189 Å². The molecule has 1 aliphatic rings. The Morgan fingerprint density at radius 3 is 2.97 bits per heavy atom. The van der Waals surface area contributed by atoms with Gasteiger partial charge in [0.1, 0.15) is 11.6 Å². The van der Waals surface area contributed by atoms with E-state index in [2.05, 4.69) is 15.6 Å². The number of halogens is 1. The summed E-state index contributed by atoms with van der Waals surface area (Å²) in [7, 11) is 0. The number of carbonyl (C=O) groups is 2. The predicted octanol–water partition coefficient (Wildman–Crippen LogP) is 4.45. The summed E-state index contributed by atoms with van der Waals surface area (Å²) in [5.74, 6) is 1.34. The van der Waals surface area contributed by atoms with Crippen LogP contribution in [0.4, 0.5) is 14.9 Å². The van der Waals surface area contributed by atoms with Gasteiger partial charge in [-0.2, -0.15) is 0 Å². The number of nitrogens with one attached hydrogen (secondary N) is 2. The Bertz CT molecular complexity index is 1100. The van der Waals surface area contributed by atoms with Gasteiger partial charge in [0, 0.05) is 30.7 Å². The van der Waals surface area contributed by atoms with Crippen molar-refractivity contribution in [3.8, 4) is 10.8 Å². The average Bonchev–Trinajstić information content (AvgIpc) is 3.41. The van der Waals surface area contributed by atoms with Crippen LogP contribution in [0.1, 0.15) is 24.3 Å². The maximum atomic E-state index is 13.2. The van der Waals surface area contributed by atoms with Gasteiger partial charge in [0.05, 0.1) is 12.1 Å². The molecule has 3 amide bonds. The zero-order valence-electron chi connectivity index (χ0n) is 17.8. The molecular weight excluding hydrogens is 431 g/mol. The Kier molecular flexibility index (Phi) is 6.84. The standard InChI is InChI=1S/C23H25FN4O3S/c1-15-7-8-20(31-15)22-26-19(14-32-22)11-21(29)28-9-3-4-16(13-28)12-25-23(30)27-18-6-2-5-17(24)10-18/h2,5-8,10,14,16H,3-4,9,11-13H2,1H3,(H2,25,27,30). The highest BCUT2D eigenvalue weighted by Crippen LogP contribution is 2.26. The summed E-state index contributed by atoms with van der Waals surface area (Å²) in [5, 5.41) is 8.11. The third-order valence-corrected chi connectivity index (χ3v) is 6.25. The van der Waals surface area contributed by atoms with Crippen LogP contribution >= 0.6 is 11.3 Å². The number of anilines is 1. The van der Waals surface area contributed by atoms with E-state index in [1.165, 1.54) is 29.5 Å². The molecule has 4 rings (SSSR count). The molecule has 168 valence electrons. The normalized spacial score (nSPS) is 16.1. The van der Waals surface area contributed by atoms with Crippen LogP contribution < -0.4 is 10.6 Å². The first kappa shape index (κ1) is 22.0. The van der Waals surface area contributed by atoms with Crippen LogP contribution in [0.3, 0.4) is 0 Å². The molecule has 0 spiro atoms. The molecule has 3 heterocycles. The first-order valence-electron chi connectivity index (χ1n) is 10.6. The van der Waals surface area contributed by atoms with Gasteiger partial charge in [0.25, 0.3) is 0 Å². The number of piperidine rings is 1. The van der Waals surface area contributed by atoms with Crippen molar-refractivity contribution >= 4 is 29.0 Å². The number of urea groups is 1. The van der Waals surface area contributed by atoms with E-state index in [4.69, 9.17) is 4.42 Å². The van der Waals surface area contributed by atoms with Gasteiger partial charge < -0.3 is 20.0 Å². The molecule has 0 radical (unpaired) electrons. The molecule has 2 aromatic heterocycles. The van der Waals surface area contributed by atoms with Crippen LogP contribution in [0.5, 0.6) is 0 Å². The monoisotopic (exact) mass is 456 g/mol. The molecule has 3 aromatic rings. The number of furan rings is 1. The molecule has 32 heavy (non-hydrogen) atoms. The molecule has 0 aliphatic carbocycles. The number of carbonyl (C=O) groups excluding carboxylic acids is 2. The molecular formula is C23H25FN4O3S. The van der Waals surface area contributed by atoms with Gasteiger partial charge >= 0.3 is 6.03 Å². The highest BCUT2D eigenvalue weighted by atomic mass is 32.1. The maximum Gasteiger partial charge on any atom is 0.319 e. The molecule has 1 unspecified atom stereocenters. The third-order valence-electron chi connectivity index (χ3n) is 5.34. The van der Waals surface area contributed by atoms with Crippen molar-refractivity contribution in [3.05, 3.63) is 59.0 Å². The smallest absolute Gasteiger partial charge is 0.319 e. The number of hydrogen-bond acceptors (Lipinski definition) is 5. The molecule has 2 N–H and O–H groups in total. The van der Waals surface area contributed by atoms with Gasteiger partial charge in [-0.3, -0.25) is 4.79 Å². The quantitative estimate of drug-likeness (QED) is 0.574. The van der Waals surface area contributed by atoms with Gasteiger partial charge in [0.15, 0.2) is 10.8 Å². The van der Waals surface area contributed by atoms with Gasteiger partial charge in [-0.15, -0.1) is 11.3 Å². The fraction of sp³-hybridized carbons (Fsp3) is 0.348. The highest BCUT2D eigenvalue weighted by Gasteiger charge is 2.25. The number of hydrogen-bond donors (Lipinski definition) is 2. The van der Waals surface area contributed by atoms with Crippen molar-refractivity contribution in [2.45, 2.75) is 26.2 Å². The molecule has 0 bridgehead atoms. The zero-order chi connectivity index (χ0) is 22.5. The summed E-state index contributed by atoms with van der Waals surface area (Å²) < 4.78 is 18.8. The van der Waals surface area contributed by atoms with Crippen LogP contribution in [-0.2, 0) is 11.2 Å². The molecule has 7 nitrogen and oxygen atoms in total. The van der Waals surface area contributed by atoms with Crippen LogP contribution in [0, 0.1) is 18.7 Å². The van der Waals surface area contributed by atoms with E-state index in [-0.39, 0.29) is 24.3 Å². The first-order valence-corrected chi connectivity index (χ1v) is 11.4. The topological polar surface area (TPSA) is 87.5 Å². The average molecular weight is 457 g/mol. The lowest BCUT2D eigenvalue weighted by atomic mass is 9.97. The Morgan fingerprint density at radius 2 is 2.19 bits per heavy atom. The number of aromatic nitrogens is 1. The van der Waals surface area contributed by atoms with E-state index in [1.54, 1.807) is 6.07 Å². The zero-order valence-corrected chi connectivity index (χ0v) is 18.6. The molecule has 1 fully saturated rings. The second-order valence-corrected chi connectivity index (χ2v) is 8.78. The van der Waals surface area contributed by atoms with E-state index in [0.29, 0.717) is 31.1 Å². The second kappa shape index (κ2) is 9.95. The van der Waals surface area contributed by atoms with Crippen molar-refractivity contribution in [3.63, 3.8) is 0 Å². The van der Waals surface area contributed by atoms with Gasteiger partial charge in [-0.25, -0.2) is 14.2 Å². The van der Waals surface area contributed by atoms with E-state index in [9.17, 15) is 14.0 Å². The first-order chi connectivity index (χ1) is 15.5. The lowest BCUT2D eigenvalue weighted by Gasteiger charge is -2.32. The molecule has 9 heteroatoms. The number of aryl methyl sites for hydroxylation is 1. The summed E-state index contributed by atoms with van der Waals surface area (Å²) in [6, 6.07) is 9.13. The van der Waals surface area contributed by atoms with E-state index in [1.807, 2.05) is 29.3 Å². The summed E-state index contributed by atoms with van der Waals surface area (Å²) in [6.07, 6.45) is 2.07. The molecule has 1 aliphatic heterocycles. The van der Waals surface area contributed by atoms with Crippen LogP contribution in [0.2, 0.25) is 0 Å². The van der Waals surface area contributed by atoms with Gasteiger partial charge in [-0.05, 0) is 56.0 Å². The minimum atomic E-state index is -0.407. The number of rotatable bonds is 6. The van der Waals surface area contributed by atoms with Crippen molar-refractivity contribution in [2.75, 3.05) is 25.0 Å². The summed E-state index contributed by atoms with van der Waals surface area (Å²) in [4.78, 5) is 31.3. The lowest BCUT2D eigenvalue weighted by molar-refractivity contribution is -0.132. The van der Waals surface area contributed by atoms with E-state index >= 15 is 0 Å². The minimum absolute atomic E-state index is 0.0337. The summed E-state index contributed by atoms with van der Waals surface area (Å²) >= 11 is 1.46. The number of benzene rings is 1. The Hall–Kier alpha value is -3.20. The van der Waals surface area contributed by atoms with Crippen LogP contribution in [0.15, 0.2) is 46.2 Å². The molecule has 1 saturated heterocycles. The van der Waals surface area contributed by atoms with Gasteiger partial charge in [-0.1, -0.05) is 6.07 Å². The van der Waals surface area contributed by atoms with Crippen molar-refractivity contribution in [2.24, 2.45) is 5.92 Å². The number of nitrogens with zero attached hydrogens (tertiary/aromatic N) is 2. The third kappa shape index (κ3) is 5.73. The van der Waals surface area contributed by atoms with Crippen LogP contribution in [0.25, 0.3) is 10.8 Å². The maximum absolute atomic E-state index is 13.2. The second-order valence-electron chi connectivity index (χ2n) is 7.92. The molecule has 1 aromatic carbocycles.